The van der Waals surface area contributed by atoms with E-state index in [9.17, 15) is 4.79 Å². The SMILES string of the molecule is CCCCc1c(C(C)C)n(-c2ccccc2)[nH]c1=O. The fraction of sp³-hybridized carbons (Fsp3) is 0.438. The van der Waals surface area contributed by atoms with Crippen molar-refractivity contribution < 1.29 is 0 Å². The van der Waals surface area contributed by atoms with Crippen molar-refractivity contribution in [3.63, 3.8) is 0 Å². The third-order valence-corrected chi connectivity index (χ3v) is 3.38. The van der Waals surface area contributed by atoms with E-state index >= 15 is 0 Å². The van der Waals surface area contributed by atoms with Gasteiger partial charge >= 0.3 is 0 Å². The first kappa shape index (κ1) is 13.7. The second-order valence-electron chi connectivity index (χ2n) is 5.23. The number of benzene rings is 1. The highest BCUT2D eigenvalue weighted by Crippen LogP contribution is 2.21. The largest absolute Gasteiger partial charge is 0.268 e. The van der Waals surface area contributed by atoms with Gasteiger partial charge in [0.1, 0.15) is 0 Å². The lowest BCUT2D eigenvalue weighted by molar-refractivity contribution is 0.713. The lowest BCUT2D eigenvalue weighted by Crippen LogP contribution is -2.07. The normalized spacial score (nSPS) is 11.2. The Hall–Kier alpha value is -1.77. The Balaban J connectivity index is 2.53. The summed E-state index contributed by atoms with van der Waals surface area (Å²) in [5.74, 6) is 0.325. The number of unbranched alkanes of at least 4 members (excludes halogenated alkanes) is 1. The van der Waals surface area contributed by atoms with Crippen molar-refractivity contribution in [2.24, 2.45) is 0 Å². The molecule has 2 rings (SSSR count). The molecule has 0 aliphatic rings. The molecule has 102 valence electrons. The van der Waals surface area contributed by atoms with E-state index in [1.807, 2.05) is 35.0 Å². The van der Waals surface area contributed by atoms with E-state index in [0.717, 1.165) is 36.2 Å². The molecule has 0 saturated carbocycles. The van der Waals surface area contributed by atoms with Crippen molar-refractivity contribution in [3.05, 3.63) is 51.9 Å². The molecule has 1 heterocycles. The molecule has 0 amide bonds. The van der Waals surface area contributed by atoms with Crippen LogP contribution in [0.1, 0.15) is 50.8 Å². The number of nitrogens with one attached hydrogen (secondary N) is 1. The van der Waals surface area contributed by atoms with Gasteiger partial charge in [0.05, 0.1) is 11.4 Å². The maximum Gasteiger partial charge on any atom is 0.267 e. The molecule has 0 saturated heterocycles. The molecule has 0 fully saturated rings. The second kappa shape index (κ2) is 5.91. The molecular weight excluding hydrogens is 236 g/mol. The number of aromatic amines is 1. The van der Waals surface area contributed by atoms with E-state index < -0.39 is 0 Å². The third-order valence-electron chi connectivity index (χ3n) is 3.38. The van der Waals surface area contributed by atoms with Crippen LogP contribution < -0.4 is 5.56 Å². The summed E-state index contributed by atoms with van der Waals surface area (Å²) in [7, 11) is 0. The molecule has 1 N–H and O–H groups in total. The monoisotopic (exact) mass is 258 g/mol. The number of para-hydroxylation sites is 1. The van der Waals surface area contributed by atoms with Gasteiger partial charge in [0.2, 0.25) is 0 Å². The molecule has 1 aromatic heterocycles. The van der Waals surface area contributed by atoms with Crippen LogP contribution in [-0.2, 0) is 6.42 Å². The van der Waals surface area contributed by atoms with E-state index in [0.29, 0.717) is 5.92 Å². The lowest BCUT2D eigenvalue weighted by atomic mass is 10.0. The van der Waals surface area contributed by atoms with Gasteiger partial charge in [0.25, 0.3) is 5.56 Å². The molecule has 0 radical (unpaired) electrons. The number of H-pyrrole nitrogens is 1. The molecule has 2 aromatic rings. The zero-order valence-electron chi connectivity index (χ0n) is 11.9. The highest BCUT2D eigenvalue weighted by atomic mass is 16.1. The van der Waals surface area contributed by atoms with Gasteiger partial charge in [-0.3, -0.25) is 14.6 Å². The van der Waals surface area contributed by atoms with Crippen LogP contribution in [0.2, 0.25) is 0 Å². The van der Waals surface area contributed by atoms with Gasteiger partial charge in [-0.05, 0) is 30.9 Å². The molecule has 0 aliphatic heterocycles. The number of hydrogen-bond donors (Lipinski definition) is 1. The predicted octanol–water partition coefficient (Wildman–Crippen LogP) is 3.63. The first-order valence-electron chi connectivity index (χ1n) is 7.04. The highest BCUT2D eigenvalue weighted by molar-refractivity contribution is 5.36. The average molecular weight is 258 g/mol. The maximum absolute atomic E-state index is 12.2. The first-order valence-corrected chi connectivity index (χ1v) is 7.04. The molecular formula is C16H22N2O. The highest BCUT2D eigenvalue weighted by Gasteiger charge is 2.17. The Kier molecular flexibility index (Phi) is 4.25. The summed E-state index contributed by atoms with van der Waals surface area (Å²) in [4.78, 5) is 12.2. The summed E-state index contributed by atoms with van der Waals surface area (Å²) in [5.41, 5.74) is 3.14. The Morgan fingerprint density at radius 2 is 1.89 bits per heavy atom. The van der Waals surface area contributed by atoms with E-state index in [2.05, 4.69) is 25.9 Å². The molecule has 0 aliphatic carbocycles. The molecule has 3 nitrogen and oxygen atoms in total. The van der Waals surface area contributed by atoms with Gasteiger partial charge in [-0.2, -0.15) is 0 Å². The van der Waals surface area contributed by atoms with Crippen LogP contribution in [0.3, 0.4) is 0 Å². The minimum absolute atomic E-state index is 0.0565. The van der Waals surface area contributed by atoms with Crippen molar-refractivity contribution in [1.82, 2.24) is 9.78 Å². The Morgan fingerprint density at radius 3 is 2.47 bits per heavy atom. The minimum Gasteiger partial charge on any atom is -0.268 e. The summed E-state index contributed by atoms with van der Waals surface area (Å²) < 4.78 is 1.94. The number of hydrogen-bond acceptors (Lipinski definition) is 1. The van der Waals surface area contributed by atoms with Crippen molar-refractivity contribution in [1.29, 1.82) is 0 Å². The smallest absolute Gasteiger partial charge is 0.267 e. The van der Waals surface area contributed by atoms with Crippen molar-refractivity contribution >= 4 is 0 Å². The maximum atomic E-state index is 12.2. The van der Waals surface area contributed by atoms with Crippen LogP contribution in [0.5, 0.6) is 0 Å². The van der Waals surface area contributed by atoms with Gasteiger partial charge < -0.3 is 0 Å². The molecule has 0 spiro atoms. The van der Waals surface area contributed by atoms with E-state index in [1.54, 1.807) is 0 Å². The van der Waals surface area contributed by atoms with E-state index in [-0.39, 0.29) is 5.56 Å². The van der Waals surface area contributed by atoms with Gasteiger partial charge in [0.15, 0.2) is 0 Å². The fourth-order valence-corrected chi connectivity index (χ4v) is 2.46. The van der Waals surface area contributed by atoms with Gasteiger partial charge in [0, 0.05) is 5.56 Å². The minimum atomic E-state index is 0.0565. The topological polar surface area (TPSA) is 37.8 Å². The van der Waals surface area contributed by atoms with Crippen molar-refractivity contribution in [2.45, 2.75) is 46.0 Å². The average Bonchev–Trinajstić information content (AvgIpc) is 2.74. The van der Waals surface area contributed by atoms with Gasteiger partial charge in [-0.1, -0.05) is 45.4 Å². The summed E-state index contributed by atoms with van der Waals surface area (Å²) >= 11 is 0. The predicted molar refractivity (Wildman–Crippen MR) is 79.1 cm³/mol. The quantitative estimate of drug-likeness (QED) is 0.873. The van der Waals surface area contributed by atoms with Gasteiger partial charge in [-0.15, -0.1) is 0 Å². The number of rotatable bonds is 5. The van der Waals surface area contributed by atoms with Crippen molar-refractivity contribution in [2.75, 3.05) is 0 Å². The van der Waals surface area contributed by atoms with E-state index in [4.69, 9.17) is 0 Å². The first-order chi connectivity index (χ1) is 9.15. The molecule has 0 unspecified atom stereocenters. The lowest BCUT2D eigenvalue weighted by Gasteiger charge is -2.13. The zero-order valence-corrected chi connectivity index (χ0v) is 11.9. The molecule has 0 bridgehead atoms. The van der Waals surface area contributed by atoms with Gasteiger partial charge in [-0.25, -0.2) is 0 Å². The standard InChI is InChI=1S/C16H22N2O/c1-4-5-11-14-15(12(2)3)18(17-16(14)19)13-9-7-6-8-10-13/h6-10,12H,4-5,11H2,1-3H3,(H,17,19). The van der Waals surface area contributed by atoms with Crippen molar-refractivity contribution in [3.8, 4) is 5.69 Å². The van der Waals surface area contributed by atoms with Crippen LogP contribution in [0.4, 0.5) is 0 Å². The molecule has 19 heavy (non-hydrogen) atoms. The molecule has 0 atom stereocenters. The molecule has 1 aromatic carbocycles. The zero-order chi connectivity index (χ0) is 13.8. The Bertz CT molecular complexity index is 579. The van der Waals surface area contributed by atoms with Crippen LogP contribution in [0, 0.1) is 0 Å². The fourth-order valence-electron chi connectivity index (χ4n) is 2.46. The Labute approximate surface area is 114 Å². The summed E-state index contributed by atoms with van der Waals surface area (Å²) in [6, 6.07) is 10.0. The van der Waals surface area contributed by atoms with Crippen LogP contribution >= 0.6 is 0 Å². The van der Waals surface area contributed by atoms with Crippen LogP contribution in [0.15, 0.2) is 35.1 Å². The second-order valence-corrected chi connectivity index (χ2v) is 5.23. The summed E-state index contributed by atoms with van der Waals surface area (Å²) in [6.07, 6.45) is 3.02. The van der Waals surface area contributed by atoms with Crippen LogP contribution in [0.25, 0.3) is 5.69 Å². The number of aromatic nitrogens is 2. The number of nitrogens with zero attached hydrogens (tertiary/aromatic N) is 1. The summed E-state index contributed by atoms with van der Waals surface area (Å²) in [5, 5.41) is 2.98. The Morgan fingerprint density at radius 1 is 1.21 bits per heavy atom. The van der Waals surface area contributed by atoms with E-state index in [1.165, 1.54) is 0 Å². The molecule has 3 heteroatoms. The third kappa shape index (κ3) is 2.80. The van der Waals surface area contributed by atoms with Crippen LogP contribution in [-0.4, -0.2) is 9.78 Å². The summed E-state index contributed by atoms with van der Waals surface area (Å²) in [6.45, 7) is 6.42.